The Morgan fingerprint density at radius 2 is 1.86 bits per heavy atom. The molecule has 0 bridgehead atoms. The lowest BCUT2D eigenvalue weighted by molar-refractivity contribution is -0.393. The average molecular weight is 319 g/mol. The number of nitrogens with zero attached hydrogens (tertiary/aromatic N) is 3. The fourth-order valence-corrected chi connectivity index (χ4v) is 2.50. The zero-order valence-electron chi connectivity index (χ0n) is 11.2. The molecule has 1 saturated heterocycles. The second-order valence-electron chi connectivity index (χ2n) is 5.01. The number of halogens is 3. The third-order valence-electron chi connectivity index (χ3n) is 3.59. The van der Waals surface area contributed by atoms with Crippen molar-refractivity contribution in [2.24, 2.45) is 5.92 Å². The van der Waals surface area contributed by atoms with Crippen LogP contribution in [0.15, 0.2) is 18.2 Å². The minimum atomic E-state index is -4.37. The SMILES string of the molecule is O=[N+]([O-])c1ccc(N2CCC[C@@H](C(F)(F)F)C2)c([N+](=O)[O-])c1. The van der Waals surface area contributed by atoms with E-state index < -0.39 is 33.3 Å². The highest BCUT2D eigenvalue weighted by Crippen LogP contribution is 2.38. The van der Waals surface area contributed by atoms with E-state index in [2.05, 4.69) is 0 Å². The lowest BCUT2D eigenvalue weighted by Crippen LogP contribution is -2.42. The van der Waals surface area contributed by atoms with Crippen molar-refractivity contribution in [3.63, 3.8) is 0 Å². The molecule has 0 radical (unpaired) electrons. The molecule has 1 aromatic carbocycles. The topological polar surface area (TPSA) is 89.5 Å². The monoisotopic (exact) mass is 319 g/mol. The minimum Gasteiger partial charge on any atom is -0.365 e. The Morgan fingerprint density at radius 3 is 2.41 bits per heavy atom. The first-order valence-corrected chi connectivity index (χ1v) is 6.44. The number of hydrogen-bond acceptors (Lipinski definition) is 5. The third kappa shape index (κ3) is 3.26. The number of alkyl halides is 3. The summed E-state index contributed by atoms with van der Waals surface area (Å²) in [6.07, 6.45) is -4.15. The van der Waals surface area contributed by atoms with Gasteiger partial charge in [0.05, 0.1) is 21.8 Å². The Morgan fingerprint density at radius 1 is 1.18 bits per heavy atom. The molecular weight excluding hydrogens is 307 g/mol. The summed E-state index contributed by atoms with van der Waals surface area (Å²) in [7, 11) is 0. The highest BCUT2D eigenvalue weighted by atomic mass is 19.4. The van der Waals surface area contributed by atoms with Crippen molar-refractivity contribution in [1.82, 2.24) is 0 Å². The number of non-ortho nitro benzene ring substituents is 1. The molecule has 2 rings (SSSR count). The van der Waals surface area contributed by atoms with Crippen molar-refractivity contribution in [3.05, 3.63) is 38.4 Å². The average Bonchev–Trinajstić information content (AvgIpc) is 2.45. The Kier molecular flexibility index (Phi) is 4.20. The van der Waals surface area contributed by atoms with E-state index in [9.17, 15) is 33.4 Å². The van der Waals surface area contributed by atoms with Crippen LogP contribution in [0, 0.1) is 26.1 Å². The number of piperidine rings is 1. The van der Waals surface area contributed by atoms with E-state index in [-0.39, 0.29) is 31.6 Å². The van der Waals surface area contributed by atoms with Crippen LogP contribution in [0.4, 0.5) is 30.2 Å². The van der Waals surface area contributed by atoms with E-state index in [1.54, 1.807) is 0 Å². The van der Waals surface area contributed by atoms with Crippen LogP contribution in [0.1, 0.15) is 12.8 Å². The Hall–Kier alpha value is -2.39. The molecule has 10 heteroatoms. The molecule has 0 spiro atoms. The van der Waals surface area contributed by atoms with E-state index in [1.165, 1.54) is 4.90 Å². The molecule has 120 valence electrons. The molecule has 1 atom stereocenters. The van der Waals surface area contributed by atoms with Gasteiger partial charge in [0.2, 0.25) is 0 Å². The Labute approximate surface area is 122 Å². The standard InChI is InChI=1S/C12H12F3N3O4/c13-12(14,15)8-2-1-5-16(7-8)10-4-3-9(17(19)20)6-11(10)18(21)22/h3-4,6,8H,1-2,5,7H2/t8-/m1/s1. The predicted octanol–water partition coefficient (Wildman–Crippen LogP) is 3.28. The molecule has 1 aliphatic heterocycles. The molecule has 0 saturated carbocycles. The first-order valence-electron chi connectivity index (χ1n) is 6.44. The zero-order chi connectivity index (χ0) is 16.5. The van der Waals surface area contributed by atoms with Crippen LogP contribution in [0.5, 0.6) is 0 Å². The fourth-order valence-electron chi connectivity index (χ4n) is 2.50. The van der Waals surface area contributed by atoms with Crippen molar-refractivity contribution < 1.29 is 23.0 Å². The summed E-state index contributed by atoms with van der Waals surface area (Å²) in [5.41, 5.74) is -1.05. The Balaban J connectivity index is 2.35. The summed E-state index contributed by atoms with van der Waals surface area (Å²) >= 11 is 0. The number of benzene rings is 1. The minimum absolute atomic E-state index is 0.0236. The van der Waals surface area contributed by atoms with Gasteiger partial charge < -0.3 is 4.90 Å². The summed E-state index contributed by atoms with van der Waals surface area (Å²) in [5.74, 6) is -1.56. The zero-order valence-corrected chi connectivity index (χ0v) is 11.2. The van der Waals surface area contributed by atoms with E-state index in [1.807, 2.05) is 0 Å². The molecule has 0 aromatic heterocycles. The van der Waals surface area contributed by atoms with Gasteiger partial charge in [-0.1, -0.05) is 0 Å². The van der Waals surface area contributed by atoms with Crippen LogP contribution in [-0.2, 0) is 0 Å². The maximum atomic E-state index is 12.8. The lowest BCUT2D eigenvalue weighted by atomic mass is 9.97. The van der Waals surface area contributed by atoms with Gasteiger partial charge in [0.15, 0.2) is 0 Å². The van der Waals surface area contributed by atoms with E-state index >= 15 is 0 Å². The molecule has 7 nitrogen and oxygen atoms in total. The van der Waals surface area contributed by atoms with E-state index in [0.717, 1.165) is 18.2 Å². The van der Waals surface area contributed by atoms with Gasteiger partial charge >= 0.3 is 6.18 Å². The molecule has 0 N–H and O–H groups in total. The number of anilines is 1. The normalized spacial score (nSPS) is 19.0. The van der Waals surface area contributed by atoms with Gasteiger partial charge in [-0.2, -0.15) is 13.2 Å². The maximum absolute atomic E-state index is 12.8. The van der Waals surface area contributed by atoms with E-state index in [0.29, 0.717) is 0 Å². The summed E-state index contributed by atoms with van der Waals surface area (Å²) in [6, 6.07) is 2.96. The fraction of sp³-hybridized carbons (Fsp3) is 0.500. The maximum Gasteiger partial charge on any atom is 0.393 e. The van der Waals surface area contributed by atoms with Crippen LogP contribution in [-0.4, -0.2) is 29.1 Å². The first kappa shape index (κ1) is 16.0. The molecule has 0 unspecified atom stereocenters. The summed E-state index contributed by atoms with van der Waals surface area (Å²) in [6.45, 7) is -0.145. The predicted molar refractivity (Wildman–Crippen MR) is 70.7 cm³/mol. The van der Waals surface area contributed by atoms with E-state index in [4.69, 9.17) is 0 Å². The summed E-state index contributed by atoms with van der Waals surface area (Å²) < 4.78 is 38.4. The van der Waals surface area contributed by atoms with Crippen LogP contribution < -0.4 is 4.90 Å². The van der Waals surface area contributed by atoms with Crippen molar-refractivity contribution >= 4 is 17.1 Å². The van der Waals surface area contributed by atoms with Crippen LogP contribution in [0.25, 0.3) is 0 Å². The van der Waals surface area contributed by atoms with Crippen molar-refractivity contribution in [2.75, 3.05) is 18.0 Å². The Bertz CT molecular complexity index is 606. The molecule has 1 aromatic rings. The van der Waals surface area contributed by atoms with Gasteiger partial charge in [-0.25, -0.2) is 0 Å². The van der Waals surface area contributed by atoms with Gasteiger partial charge in [-0.05, 0) is 18.9 Å². The number of nitro benzene ring substituents is 2. The molecule has 1 aliphatic rings. The second kappa shape index (κ2) is 5.78. The van der Waals surface area contributed by atoms with Crippen molar-refractivity contribution in [1.29, 1.82) is 0 Å². The first-order chi connectivity index (χ1) is 10.2. The smallest absolute Gasteiger partial charge is 0.365 e. The number of hydrogen-bond donors (Lipinski definition) is 0. The lowest BCUT2D eigenvalue weighted by Gasteiger charge is -2.34. The number of rotatable bonds is 3. The van der Waals surface area contributed by atoms with Gasteiger partial charge in [0.25, 0.3) is 11.4 Å². The highest BCUT2D eigenvalue weighted by molar-refractivity contribution is 5.67. The van der Waals surface area contributed by atoms with Crippen LogP contribution in [0.2, 0.25) is 0 Å². The quantitative estimate of drug-likeness (QED) is 0.630. The third-order valence-corrected chi connectivity index (χ3v) is 3.59. The molecular formula is C12H12F3N3O4. The highest BCUT2D eigenvalue weighted by Gasteiger charge is 2.42. The largest absolute Gasteiger partial charge is 0.393 e. The number of nitro groups is 2. The summed E-state index contributed by atoms with van der Waals surface area (Å²) in [5, 5.41) is 21.7. The second-order valence-corrected chi connectivity index (χ2v) is 5.01. The molecule has 0 amide bonds. The molecule has 1 fully saturated rings. The molecule has 0 aliphatic carbocycles. The molecule has 22 heavy (non-hydrogen) atoms. The van der Waals surface area contributed by atoms with Crippen molar-refractivity contribution in [2.45, 2.75) is 19.0 Å². The van der Waals surface area contributed by atoms with Crippen LogP contribution >= 0.6 is 0 Å². The van der Waals surface area contributed by atoms with Crippen LogP contribution in [0.3, 0.4) is 0 Å². The van der Waals surface area contributed by atoms with Crippen molar-refractivity contribution in [3.8, 4) is 0 Å². The van der Waals surface area contributed by atoms with Gasteiger partial charge in [-0.15, -0.1) is 0 Å². The summed E-state index contributed by atoms with van der Waals surface area (Å²) in [4.78, 5) is 21.4. The van der Waals surface area contributed by atoms with Gasteiger partial charge in [0, 0.05) is 19.2 Å². The molecule has 1 heterocycles. The van der Waals surface area contributed by atoms with Gasteiger partial charge in [-0.3, -0.25) is 20.2 Å². The van der Waals surface area contributed by atoms with Gasteiger partial charge in [0.1, 0.15) is 5.69 Å².